The number of hydrogen-bond donors (Lipinski definition) is 1. The minimum absolute atomic E-state index is 0.00220. The minimum Gasteiger partial charge on any atom is -0.375 e. The number of nitrogens with zero attached hydrogens (tertiary/aromatic N) is 2. The van der Waals surface area contributed by atoms with Crippen LogP contribution in [0.4, 0.5) is 0 Å². The molecule has 2 saturated heterocycles. The summed E-state index contributed by atoms with van der Waals surface area (Å²) in [6.07, 6.45) is 2.54. The first-order chi connectivity index (χ1) is 9.74. The van der Waals surface area contributed by atoms with Crippen LogP contribution in [-0.4, -0.2) is 73.6 Å². The zero-order valence-electron chi connectivity index (χ0n) is 11.8. The van der Waals surface area contributed by atoms with E-state index in [-0.39, 0.29) is 23.8 Å². The van der Waals surface area contributed by atoms with Gasteiger partial charge in [-0.25, -0.2) is 0 Å². The van der Waals surface area contributed by atoms with E-state index in [1.54, 1.807) is 0 Å². The Hall–Kier alpha value is -1.14. The van der Waals surface area contributed by atoms with Crippen molar-refractivity contribution in [2.45, 2.75) is 25.4 Å². The Labute approximate surface area is 119 Å². The van der Waals surface area contributed by atoms with Crippen LogP contribution in [0.1, 0.15) is 19.3 Å². The average molecular weight is 281 g/mol. The van der Waals surface area contributed by atoms with Crippen LogP contribution >= 0.6 is 0 Å². The van der Waals surface area contributed by atoms with E-state index in [1.807, 2.05) is 9.80 Å². The highest BCUT2D eigenvalue weighted by atomic mass is 16.5. The highest BCUT2D eigenvalue weighted by Gasteiger charge is 2.35. The first kappa shape index (κ1) is 13.8. The number of carbonyl (C=O) groups is 2. The Morgan fingerprint density at radius 2 is 1.80 bits per heavy atom. The molecular weight excluding hydrogens is 258 g/mol. The number of rotatable bonds is 3. The Morgan fingerprint density at radius 1 is 1.10 bits per heavy atom. The van der Waals surface area contributed by atoms with Gasteiger partial charge < -0.3 is 19.9 Å². The molecule has 112 valence electrons. The molecular formula is C14H23N3O3. The van der Waals surface area contributed by atoms with Gasteiger partial charge in [-0.05, 0) is 12.8 Å². The van der Waals surface area contributed by atoms with Gasteiger partial charge >= 0.3 is 0 Å². The molecule has 2 amide bonds. The number of ether oxygens (including phenoxy) is 1. The molecule has 1 atom stereocenters. The molecule has 1 unspecified atom stereocenters. The zero-order chi connectivity index (χ0) is 13.9. The monoisotopic (exact) mass is 281 g/mol. The van der Waals surface area contributed by atoms with E-state index in [2.05, 4.69) is 5.32 Å². The Morgan fingerprint density at radius 3 is 2.40 bits per heavy atom. The van der Waals surface area contributed by atoms with Gasteiger partial charge in [-0.1, -0.05) is 0 Å². The van der Waals surface area contributed by atoms with Gasteiger partial charge in [0, 0.05) is 45.2 Å². The third kappa shape index (κ3) is 3.30. The molecule has 0 spiro atoms. The zero-order valence-corrected chi connectivity index (χ0v) is 11.8. The van der Waals surface area contributed by atoms with E-state index >= 15 is 0 Å². The minimum atomic E-state index is 0.00220. The summed E-state index contributed by atoms with van der Waals surface area (Å²) in [5, 5.41) is 3.24. The number of carbonyl (C=O) groups excluding carboxylic acids is 2. The van der Waals surface area contributed by atoms with Crippen molar-refractivity contribution in [1.82, 2.24) is 15.1 Å². The summed E-state index contributed by atoms with van der Waals surface area (Å²) < 4.78 is 5.56. The number of amides is 2. The number of hydrogen-bond acceptors (Lipinski definition) is 4. The van der Waals surface area contributed by atoms with Crippen molar-refractivity contribution >= 4 is 11.8 Å². The summed E-state index contributed by atoms with van der Waals surface area (Å²) in [5.41, 5.74) is 0. The first-order valence-corrected chi connectivity index (χ1v) is 7.63. The maximum absolute atomic E-state index is 12.2. The highest BCUT2D eigenvalue weighted by molar-refractivity contribution is 5.82. The summed E-state index contributed by atoms with van der Waals surface area (Å²) in [6.45, 7) is 5.00. The Kier molecular flexibility index (Phi) is 4.21. The maximum atomic E-state index is 12.2. The third-order valence-electron chi connectivity index (χ3n) is 4.28. The normalized spacial score (nSPS) is 27.5. The second-order valence-corrected chi connectivity index (χ2v) is 5.88. The molecule has 3 rings (SSSR count). The van der Waals surface area contributed by atoms with Gasteiger partial charge in [-0.3, -0.25) is 9.59 Å². The predicted molar refractivity (Wildman–Crippen MR) is 73.1 cm³/mol. The van der Waals surface area contributed by atoms with Crippen molar-refractivity contribution in [3.63, 3.8) is 0 Å². The Bertz CT molecular complexity index is 370. The third-order valence-corrected chi connectivity index (χ3v) is 4.28. The summed E-state index contributed by atoms with van der Waals surface area (Å²) >= 11 is 0. The summed E-state index contributed by atoms with van der Waals surface area (Å²) in [4.78, 5) is 27.9. The van der Waals surface area contributed by atoms with Gasteiger partial charge in [0.05, 0.1) is 19.1 Å². The van der Waals surface area contributed by atoms with Crippen molar-refractivity contribution in [1.29, 1.82) is 0 Å². The standard InChI is InChI=1S/C14H23N3O3/c18-13(9-12-10-15-3-8-20-12)16-4-6-17(7-5-16)14(19)11-1-2-11/h11-12,15H,1-10H2. The maximum Gasteiger partial charge on any atom is 0.225 e. The molecule has 1 N–H and O–H groups in total. The van der Waals surface area contributed by atoms with Crippen molar-refractivity contribution in [2.24, 2.45) is 5.92 Å². The van der Waals surface area contributed by atoms with Crippen LogP contribution < -0.4 is 5.32 Å². The van der Waals surface area contributed by atoms with Crippen LogP contribution in [0, 0.1) is 5.92 Å². The molecule has 0 radical (unpaired) electrons. The van der Waals surface area contributed by atoms with Gasteiger partial charge in [0.25, 0.3) is 0 Å². The van der Waals surface area contributed by atoms with E-state index in [0.29, 0.717) is 39.2 Å². The summed E-state index contributed by atoms with van der Waals surface area (Å²) in [6, 6.07) is 0. The van der Waals surface area contributed by atoms with Crippen LogP contribution in [0.15, 0.2) is 0 Å². The molecule has 3 aliphatic rings. The molecule has 3 fully saturated rings. The lowest BCUT2D eigenvalue weighted by atomic mass is 10.2. The topological polar surface area (TPSA) is 61.9 Å². The van der Waals surface area contributed by atoms with E-state index in [1.165, 1.54) is 0 Å². The molecule has 2 heterocycles. The van der Waals surface area contributed by atoms with Gasteiger partial charge in [-0.2, -0.15) is 0 Å². The van der Waals surface area contributed by atoms with Crippen molar-refractivity contribution in [3.8, 4) is 0 Å². The molecule has 2 aliphatic heterocycles. The average Bonchev–Trinajstić information content (AvgIpc) is 3.32. The molecule has 0 aromatic carbocycles. The SMILES string of the molecule is O=C(CC1CNCCO1)N1CCN(C(=O)C2CC2)CC1. The van der Waals surface area contributed by atoms with Crippen LogP contribution in [0.5, 0.6) is 0 Å². The van der Waals surface area contributed by atoms with E-state index in [9.17, 15) is 9.59 Å². The number of piperazine rings is 1. The van der Waals surface area contributed by atoms with Gasteiger partial charge in [0.1, 0.15) is 0 Å². The second-order valence-electron chi connectivity index (χ2n) is 5.88. The van der Waals surface area contributed by atoms with Crippen molar-refractivity contribution < 1.29 is 14.3 Å². The molecule has 20 heavy (non-hydrogen) atoms. The van der Waals surface area contributed by atoms with Crippen LogP contribution in [0.25, 0.3) is 0 Å². The Balaban J connectivity index is 1.42. The summed E-state index contributed by atoms with van der Waals surface area (Å²) in [5.74, 6) is 0.716. The molecule has 1 aliphatic carbocycles. The quantitative estimate of drug-likeness (QED) is 0.754. The lowest BCUT2D eigenvalue weighted by Crippen LogP contribution is -2.52. The van der Waals surface area contributed by atoms with E-state index < -0.39 is 0 Å². The molecule has 0 aromatic heterocycles. The number of morpholine rings is 1. The summed E-state index contributed by atoms with van der Waals surface area (Å²) in [7, 11) is 0. The fourth-order valence-corrected chi connectivity index (χ4v) is 2.84. The van der Waals surface area contributed by atoms with Crippen molar-refractivity contribution in [3.05, 3.63) is 0 Å². The predicted octanol–water partition coefficient (Wildman–Crippen LogP) is -0.554. The molecule has 0 bridgehead atoms. The van der Waals surface area contributed by atoms with Gasteiger partial charge in [0.15, 0.2) is 0 Å². The fraction of sp³-hybridized carbons (Fsp3) is 0.857. The van der Waals surface area contributed by atoms with Crippen LogP contribution in [0.3, 0.4) is 0 Å². The van der Waals surface area contributed by atoms with E-state index in [4.69, 9.17) is 4.74 Å². The lowest BCUT2D eigenvalue weighted by Gasteiger charge is -2.36. The van der Waals surface area contributed by atoms with E-state index in [0.717, 1.165) is 25.9 Å². The molecule has 0 aromatic rings. The smallest absolute Gasteiger partial charge is 0.225 e. The lowest BCUT2D eigenvalue weighted by molar-refractivity contribution is -0.142. The molecule has 6 nitrogen and oxygen atoms in total. The molecule has 6 heteroatoms. The van der Waals surface area contributed by atoms with Gasteiger partial charge in [-0.15, -0.1) is 0 Å². The highest BCUT2D eigenvalue weighted by Crippen LogP contribution is 2.31. The largest absolute Gasteiger partial charge is 0.375 e. The van der Waals surface area contributed by atoms with Crippen molar-refractivity contribution in [2.75, 3.05) is 45.9 Å². The second kappa shape index (κ2) is 6.10. The van der Waals surface area contributed by atoms with Crippen LogP contribution in [-0.2, 0) is 14.3 Å². The number of nitrogens with one attached hydrogen (secondary N) is 1. The van der Waals surface area contributed by atoms with Gasteiger partial charge in [0.2, 0.25) is 11.8 Å². The fourth-order valence-electron chi connectivity index (χ4n) is 2.84. The van der Waals surface area contributed by atoms with Crippen LogP contribution in [0.2, 0.25) is 0 Å². The molecule has 1 saturated carbocycles. The first-order valence-electron chi connectivity index (χ1n) is 7.63.